The van der Waals surface area contributed by atoms with Gasteiger partial charge in [0.2, 0.25) is 11.7 Å². The van der Waals surface area contributed by atoms with Crippen LogP contribution in [0, 0.1) is 0 Å². The number of rotatable bonds is 14. The van der Waals surface area contributed by atoms with E-state index in [2.05, 4.69) is 31.9 Å². The standard InChI is InChI=1S/C41H47N7O12/c1-5-17-58-41(53)48-28-22-31(30(54-3)21-25(28)38(51)47-16-8-6-11-27(47)39(48)60-34-13-7-9-18-57-34)56-19-10-12-33(49)44-32-23-46(2)35(45-32)36(50)42-24-14-15-29-26(20-24)43-37(59-29)40(52)55-4/h5,14-15,20-23,27,34,39H,1,6-13,16-19H2,2-4H3,(H,42,50)(H,44,49)/t27-,34?,39?/m0/s1. The molecule has 0 bridgehead atoms. The molecule has 0 radical (unpaired) electrons. The predicted octanol–water partition coefficient (Wildman–Crippen LogP) is 5.41. The van der Waals surface area contributed by atoms with Gasteiger partial charge in [-0.2, -0.15) is 0 Å². The number of nitrogens with zero attached hydrogens (tertiary/aromatic N) is 5. The highest BCUT2D eigenvalue weighted by Gasteiger charge is 2.47. The van der Waals surface area contributed by atoms with Gasteiger partial charge in [-0.05, 0) is 69.2 Å². The first kappa shape index (κ1) is 41.7. The summed E-state index contributed by atoms with van der Waals surface area (Å²) in [6.45, 7) is 4.70. The summed E-state index contributed by atoms with van der Waals surface area (Å²) >= 11 is 0. The van der Waals surface area contributed by atoms with Gasteiger partial charge in [0.1, 0.15) is 12.1 Å². The molecular formula is C41H47N7O12. The lowest BCUT2D eigenvalue weighted by Gasteiger charge is -2.42. The van der Waals surface area contributed by atoms with Crippen molar-refractivity contribution in [1.29, 1.82) is 0 Å². The topological polar surface area (TPSA) is 215 Å². The number of ether oxygens (including phenoxy) is 6. The number of piperidine rings is 1. The third-order valence-electron chi connectivity index (χ3n) is 10.3. The van der Waals surface area contributed by atoms with Crippen molar-refractivity contribution in [2.24, 2.45) is 7.05 Å². The number of carbonyl (C=O) groups excluding carboxylic acids is 5. The number of hydrogen-bond donors (Lipinski definition) is 2. The fourth-order valence-corrected chi connectivity index (χ4v) is 7.41. The minimum Gasteiger partial charge on any atom is -0.493 e. The molecule has 19 heteroatoms. The van der Waals surface area contributed by atoms with Gasteiger partial charge < -0.3 is 52.9 Å². The molecule has 7 rings (SSSR count). The second kappa shape index (κ2) is 18.6. The van der Waals surface area contributed by atoms with Crippen LogP contribution in [-0.2, 0) is 30.8 Å². The number of aryl methyl sites for hydroxylation is 1. The van der Waals surface area contributed by atoms with Gasteiger partial charge in [-0.1, -0.05) is 12.7 Å². The van der Waals surface area contributed by atoms with Gasteiger partial charge in [-0.25, -0.2) is 24.5 Å². The Bertz CT molecular complexity index is 2260. The molecule has 0 saturated carbocycles. The highest BCUT2D eigenvalue weighted by atomic mass is 16.7. The number of esters is 1. The highest BCUT2D eigenvalue weighted by molar-refractivity contribution is 6.06. The summed E-state index contributed by atoms with van der Waals surface area (Å²) in [6.07, 6.45) is 5.78. The Hall–Kier alpha value is -6.47. The van der Waals surface area contributed by atoms with Crippen molar-refractivity contribution < 1.29 is 56.8 Å². The minimum absolute atomic E-state index is 0.0234. The molecule has 3 aliphatic heterocycles. The van der Waals surface area contributed by atoms with Gasteiger partial charge in [0.25, 0.3) is 11.8 Å². The van der Waals surface area contributed by atoms with Gasteiger partial charge in [0, 0.05) is 44.6 Å². The van der Waals surface area contributed by atoms with Crippen molar-refractivity contribution in [3.05, 3.63) is 66.5 Å². The minimum atomic E-state index is -0.911. The molecule has 4 amide bonds. The summed E-state index contributed by atoms with van der Waals surface area (Å²) in [5.41, 5.74) is 1.51. The Kier molecular flexibility index (Phi) is 12.9. The molecule has 318 valence electrons. The number of methoxy groups -OCH3 is 2. The number of hydrogen-bond acceptors (Lipinski definition) is 14. The van der Waals surface area contributed by atoms with Crippen LogP contribution in [0.4, 0.5) is 22.0 Å². The lowest BCUT2D eigenvalue weighted by Crippen LogP contribution is -2.57. The number of oxazole rings is 1. The lowest BCUT2D eigenvalue weighted by molar-refractivity contribution is -0.198. The molecule has 0 spiro atoms. The van der Waals surface area contributed by atoms with Gasteiger partial charge in [0.15, 0.2) is 35.4 Å². The largest absolute Gasteiger partial charge is 0.493 e. The third-order valence-corrected chi connectivity index (χ3v) is 10.3. The first-order chi connectivity index (χ1) is 29.1. The molecule has 5 heterocycles. The number of carbonyl (C=O) groups is 5. The van der Waals surface area contributed by atoms with Crippen LogP contribution >= 0.6 is 0 Å². The molecule has 60 heavy (non-hydrogen) atoms. The molecule has 2 aromatic heterocycles. The van der Waals surface area contributed by atoms with Crippen LogP contribution in [0.1, 0.15) is 83.0 Å². The Morgan fingerprint density at radius 3 is 2.62 bits per heavy atom. The van der Waals surface area contributed by atoms with Gasteiger partial charge in [0.05, 0.1) is 38.1 Å². The summed E-state index contributed by atoms with van der Waals surface area (Å²) in [7, 11) is 4.28. The maximum absolute atomic E-state index is 14.2. The van der Waals surface area contributed by atoms with Crippen molar-refractivity contribution in [3.8, 4) is 11.5 Å². The molecule has 2 fully saturated rings. The summed E-state index contributed by atoms with van der Waals surface area (Å²) in [5.74, 6) is -1.45. The maximum Gasteiger partial charge on any atom is 0.416 e. The zero-order valence-corrected chi connectivity index (χ0v) is 33.6. The van der Waals surface area contributed by atoms with E-state index >= 15 is 0 Å². The van der Waals surface area contributed by atoms with Crippen LogP contribution in [0.5, 0.6) is 11.5 Å². The van der Waals surface area contributed by atoms with E-state index in [0.717, 1.165) is 25.7 Å². The number of amides is 4. The van der Waals surface area contributed by atoms with Crippen LogP contribution in [-0.4, -0.2) is 108 Å². The number of fused-ring (bicyclic) bond motifs is 3. The van der Waals surface area contributed by atoms with Crippen LogP contribution in [0.3, 0.4) is 0 Å². The summed E-state index contributed by atoms with van der Waals surface area (Å²) in [4.78, 5) is 77.5. The Morgan fingerprint density at radius 2 is 1.85 bits per heavy atom. The van der Waals surface area contributed by atoms with E-state index in [0.29, 0.717) is 42.8 Å². The van der Waals surface area contributed by atoms with Crippen molar-refractivity contribution in [2.45, 2.75) is 69.9 Å². The Morgan fingerprint density at radius 1 is 1.02 bits per heavy atom. The smallest absolute Gasteiger partial charge is 0.416 e. The fourth-order valence-electron chi connectivity index (χ4n) is 7.41. The molecule has 2 aromatic carbocycles. The molecule has 3 atom stereocenters. The average Bonchev–Trinajstić information content (AvgIpc) is 3.84. The van der Waals surface area contributed by atoms with Gasteiger partial charge >= 0.3 is 18.0 Å². The first-order valence-corrected chi connectivity index (χ1v) is 19.7. The number of benzene rings is 2. The van der Waals surface area contributed by atoms with Crippen molar-refractivity contribution in [2.75, 3.05) is 56.1 Å². The molecule has 4 aromatic rings. The zero-order valence-electron chi connectivity index (χ0n) is 33.6. The molecular weight excluding hydrogens is 782 g/mol. The van der Waals surface area contributed by atoms with Gasteiger partial charge in [-0.15, -0.1) is 0 Å². The monoisotopic (exact) mass is 829 g/mol. The van der Waals surface area contributed by atoms with Crippen LogP contribution < -0.4 is 25.0 Å². The molecule has 2 unspecified atom stereocenters. The Balaban J connectivity index is 1.02. The highest BCUT2D eigenvalue weighted by Crippen LogP contribution is 2.42. The third kappa shape index (κ3) is 9.06. The van der Waals surface area contributed by atoms with Crippen LogP contribution in [0.2, 0.25) is 0 Å². The maximum atomic E-state index is 14.2. The SMILES string of the molecule is C=CCOC(=O)N1c2cc(OCCCC(=O)Nc3cn(C)c(C(=O)Nc4ccc5oc(C(=O)OC)nc5c4)n3)c(OC)cc2C(=O)N2CCCC[C@H]2C1OC1CCCCO1. The summed E-state index contributed by atoms with van der Waals surface area (Å²) < 4.78 is 41.4. The van der Waals surface area contributed by atoms with Crippen LogP contribution in [0.25, 0.3) is 11.1 Å². The van der Waals surface area contributed by atoms with E-state index in [-0.39, 0.29) is 78.2 Å². The molecule has 19 nitrogen and oxygen atoms in total. The Labute approximate surface area is 344 Å². The zero-order chi connectivity index (χ0) is 42.3. The van der Waals surface area contributed by atoms with E-state index in [4.69, 9.17) is 28.1 Å². The van der Waals surface area contributed by atoms with Crippen LogP contribution in [0.15, 0.2) is 53.6 Å². The first-order valence-electron chi connectivity index (χ1n) is 19.7. The molecule has 2 N–H and O–H groups in total. The lowest BCUT2D eigenvalue weighted by atomic mass is 10.00. The summed E-state index contributed by atoms with van der Waals surface area (Å²) in [5, 5.41) is 5.44. The van der Waals surface area contributed by atoms with E-state index in [9.17, 15) is 24.0 Å². The van der Waals surface area contributed by atoms with E-state index < -0.39 is 36.5 Å². The molecule has 0 aliphatic carbocycles. The number of imidazole rings is 1. The van der Waals surface area contributed by atoms with E-state index in [1.165, 1.54) is 42.0 Å². The normalized spacial score (nSPS) is 18.8. The van der Waals surface area contributed by atoms with E-state index in [1.807, 2.05) is 0 Å². The van der Waals surface area contributed by atoms with Crippen molar-refractivity contribution in [3.63, 3.8) is 0 Å². The van der Waals surface area contributed by atoms with Crippen molar-refractivity contribution in [1.82, 2.24) is 19.4 Å². The van der Waals surface area contributed by atoms with E-state index in [1.54, 1.807) is 36.2 Å². The second-order valence-corrected chi connectivity index (χ2v) is 14.3. The number of nitrogens with one attached hydrogen (secondary N) is 2. The molecule has 2 saturated heterocycles. The van der Waals surface area contributed by atoms with Crippen molar-refractivity contribution >= 4 is 58.1 Å². The quantitative estimate of drug-likeness (QED) is 0.0924. The average molecular weight is 830 g/mol. The fraction of sp³-hybridized carbons (Fsp3) is 0.439. The second-order valence-electron chi connectivity index (χ2n) is 14.3. The number of aromatic nitrogens is 3. The number of anilines is 3. The van der Waals surface area contributed by atoms with Gasteiger partial charge in [-0.3, -0.25) is 14.4 Å². The summed E-state index contributed by atoms with van der Waals surface area (Å²) in [6, 6.07) is 7.34. The molecule has 3 aliphatic rings. The predicted molar refractivity (Wildman–Crippen MR) is 214 cm³/mol.